The van der Waals surface area contributed by atoms with Crippen LogP contribution in [0.25, 0.3) is 0 Å². The molecule has 548 valence electrons. The second-order valence-corrected chi connectivity index (χ2v) is 27.4. The summed E-state index contributed by atoms with van der Waals surface area (Å²) in [5.41, 5.74) is 15.4. The van der Waals surface area contributed by atoms with Gasteiger partial charge in [-0.05, 0) is 214 Å². The Morgan fingerprint density at radius 3 is 1.24 bits per heavy atom. The highest BCUT2D eigenvalue weighted by atomic mass is 16.6. The van der Waals surface area contributed by atoms with Crippen molar-refractivity contribution in [2.45, 2.75) is 196 Å². The predicted octanol–water partition coefficient (Wildman–Crippen LogP) is 15.9. The van der Waals surface area contributed by atoms with Gasteiger partial charge >= 0.3 is 17.9 Å². The molecule has 3 aromatic rings. The molecule has 6 aliphatic heterocycles. The van der Waals surface area contributed by atoms with Crippen molar-refractivity contribution in [2.75, 3.05) is 72.3 Å². The van der Waals surface area contributed by atoms with E-state index in [-0.39, 0.29) is 61.6 Å². The van der Waals surface area contributed by atoms with Gasteiger partial charge in [0, 0.05) is 77.8 Å². The first-order chi connectivity index (χ1) is 49.3. The molecule has 0 unspecified atom stereocenters. The number of ether oxygens (including phenoxy) is 3. The van der Waals surface area contributed by atoms with Gasteiger partial charge in [0.05, 0.1) is 47.0 Å². The quantitative estimate of drug-likeness (QED) is 0.0761. The zero-order valence-corrected chi connectivity index (χ0v) is 62.0. The summed E-state index contributed by atoms with van der Waals surface area (Å²) in [7, 11) is 0. The summed E-state index contributed by atoms with van der Waals surface area (Å²) in [6.45, 7) is 28.6. The Morgan fingerprint density at radius 2 is 0.843 bits per heavy atom. The maximum Gasteiger partial charge on any atom is 0.338 e. The number of likely N-dealkylation sites (tertiary alicyclic amines) is 3. The molecule has 3 saturated heterocycles. The van der Waals surface area contributed by atoms with Crippen LogP contribution in [0.1, 0.15) is 211 Å². The van der Waals surface area contributed by atoms with Gasteiger partial charge in [0.15, 0.2) is 19.8 Å². The van der Waals surface area contributed by atoms with Crippen LogP contribution < -0.4 is 0 Å². The Bertz CT molecular complexity index is 3540. The van der Waals surface area contributed by atoms with Crippen LogP contribution in [0.2, 0.25) is 0 Å². The van der Waals surface area contributed by atoms with Crippen LogP contribution in [0.3, 0.4) is 0 Å². The molecule has 102 heavy (non-hydrogen) atoms. The van der Waals surface area contributed by atoms with Gasteiger partial charge in [-0.2, -0.15) is 0 Å². The van der Waals surface area contributed by atoms with Crippen molar-refractivity contribution in [1.29, 1.82) is 0 Å². The number of benzene rings is 3. The third kappa shape index (κ3) is 27.0. The van der Waals surface area contributed by atoms with Crippen molar-refractivity contribution in [3.63, 3.8) is 0 Å². The van der Waals surface area contributed by atoms with E-state index in [1.807, 2.05) is 130 Å². The van der Waals surface area contributed by atoms with Crippen LogP contribution in [-0.4, -0.2) is 146 Å². The van der Waals surface area contributed by atoms with E-state index in [9.17, 15) is 28.8 Å². The number of piperidine rings is 3. The molecule has 3 aromatic carbocycles. The Hall–Kier alpha value is -9.19. The predicted molar refractivity (Wildman–Crippen MR) is 405 cm³/mol. The van der Waals surface area contributed by atoms with E-state index in [0.29, 0.717) is 85.6 Å². The van der Waals surface area contributed by atoms with Crippen LogP contribution in [0.4, 0.5) is 0 Å². The number of fused-ring (bicyclic) bond motifs is 3. The number of allylic oxidation sites excluding steroid dienone is 11. The van der Waals surface area contributed by atoms with Gasteiger partial charge in [0.1, 0.15) is 6.10 Å². The highest BCUT2D eigenvalue weighted by molar-refractivity contribution is 6.02. The maximum atomic E-state index is 13.1. The number of carbonyl (C=O) groups excluding carboxylic acids is 6. The topological polar surface area (TPSA) is 205 Å². The number of esters is 3. The van der Waals surface area contributed by atoms with Gasteiger partial charge in [-0.15, -0.1) is 0 Å². The van der Waals surface area contributed by atoms with E-state index in [0.717, 1.165) is 178 Å². The van der Waals surface area contributed by atoms with Gasteiger partial charge in [-0.1, -0.05) is 136 Å². The molecule has 0 N–H and O–H groups in total. The molecule has 0 saturated carbocycles. The Morgan fingerprint density at radius 1 is 0.471 bits per heavy atom. The Balaban J connectivity index is 0.000000214. The van der Waals surface area contributed by atoms with Crippen LogP contribution in [-0.2, 0) is 62.4 Å². The minimum atomic E-state index is -0.336. The summed E-state index contributed by atoms with van der Waals surface area (Å²) in [6.07, 6.45) is 40.0. The fourth-order valence-corrected chi connectivity index (χ4v) is 13.4. The largest absolute Gasteiger partial charge is 0.462 e. The summed E-state index contributed by atoms with van der Waals surface area (Å²) in [6, 6.07) is 12.0. The van der Waals surface area contributed by atoms with E-state index in [2.05, 4.69) is 72.0 Å². The zero-order valence-electron chi connectivity index (χ0n) is 62.0. The molecule has 3 fully saturated rings. The average molecular weight is 1400 g/mol. The zero-order chi connectivity index (χ0) is 73.2. The van der Waals surface area contributed by atoms with Gasteiger partial charge in [0.25, 0.3) is 17.7 Å². The molecule has 9 rings (SSSR count). The highest BCUT2D eigenvalue weighted by Crippen LogP contribution is 2.26. The number of hydrogen-bond acceptors (Lipinski definition) is 15. The van der Waals surface area contributed by atoms with Gasteiger partial charge < -0.3 is 43.4 Å². The van der Waals surface area contributed by atoms with E-state index in [1.165, 1.54) is 24.8 Å². The molecule has 18 heteroatoms. The van der Waals surface area contributed by atoms with E-state index in [1.54, 1.807) is 0 Å². The number of nitrogens with zero attached hydrogens (tertiary/aromatic N) is 6. The van der Waals surface area contributed by atoms with Crippen molar-refractivity contribution >= 4 is 52.8 Å². The van der Waals surface area contributed by atoms with Gasteiger partial charge in [0.2, 0.25) is 0 Å². The monoisotopic (exact) mass is 1390 g/mol. The Labute approximate surface area is 606 Å². The second kappa shape index (κ2) is 42.9. The number of aryl methyl sites for hydroxylation is 6. The van der Waals surface area contributed by atoms with Crippen molar-refractivity contribution < 1.29 is 57.5 Å². The minimum Gasteiger partial charge on any atom is -0.462 e. The molecular formula is C84H110N6O12. The standard InChI is InChI=1S/C28H38N2O4.2C28H36N2O4/c1-20-11-7-5-8-12-23(4)34-28(32)27-22(3)15-21(2)16-24(27)18-25(17-20)29-33-19-26(31)30-13-9-6-10-14-30;2*1-4-23-11-7-5-8-12-25(29-34-20-26(31)30-14-9-6-10-15-30)19-24-18-21(2)17-22(3)27(24)28(32)33-16-13-23/h5,8,15-17,23H,6-7,9-14,18-19H2,1-4H3;2*4,8,11-12,17-18H,1,5-7,9-10,13-16,19-20H2,2-3H3/b8-5+,20-17+,29-25-;12-8+,23-11+,29-25+;12-8+,23-11+,29-25-/t23-;;/m1../s1. The molecule has 1 atom stereocenters. The summed E-state index contributed by atoms with van der Waals surface area (Å²) >= 11 is 0. The third-order valence-corrected chi connectivity index (χ3v) is 18.6. The van der Waals surface area contributed by atoms with Crippen molar-refractivity contribution in [3.8, 4) is 0 Å². The molecule has 3 amide bonds. The molecule has 0 bridgehead atoms. The molecule has 6 heterocycles. The first-order valence-corrected chi connectivity index (χ1v) is 36.8. The van der Waals surface area contributed by atoms with Gasteiger partial charge in [-0.25, -0.2) is 14.4 Å². The fraction of sp³-hybridized carbons (Fsp3) is 0.488. The van der Waals surface area contributed by atoms with Crippen molar-refractivity contribution in [3.05, 3.63) is 200 Å². The van der Waals surface area contributed by atoms with Crippen LogP contribution in [0.5, 0.6) is 0 Å². The molecular weight excluding hydrogens is 1280 g/mol. The summed E-state index contributed by atoms with van der Waals surface area (Å²) < 4.78 is 17.0. The lowest BCUT2D eigenvalue weighted by Crippen LogP contribution is -2.37. The lowest BCUT2D eigenvalue weighted by molar-refractivity contribution is -0.137. The molecule has 0 aromatic heterocycles. The summed E-state index contributed by atoms with van der Waals surface area (Å²) in [4.78, 5) is 98.5. The fourth-order valence-electron chi connectivity index (χ4n) is 13.4. The van der Waals surface area contributed by atoms with Crippen LogP contribution in [0.15, 0.2) is 149 Å². The molecule has 0 radical (unpaired) electrons. The van der Waals surface area contributed by atoms with Crippen LogP contribution in [0, 0.1) is 41.5 Å². The first kappa shape index (κ1) is 80.1. The first-order valence-electron chi connectivity index (χ1n) is 36.8. The number of cyclic esters (lactones) is 3. The second-order valence-electron chi connectivity index (χ2n) is 27.4. The summed E-state index contributed by atoms with van der Waals surface area (Å²) in [5, 5.41) is 13.0. The van der Waals surface area contributed by atoms with Crippen molar-refractivity contribution in [2.24, 2.45) is 15.5 Å². The van der Waals surface area contributed by atoms with Crippen molar-refractivity contribution in [1.82, 2.24) is 14.7 Å². The van der Waals surface area contributed by atoms with E-state index < -0.39 is 0 Å². The molecule has 18 nitrogen and oxygen atoms in total. The normalized spacial score (nSPS) is 22.3. The van der Waals surface area contributed by atoms with Crippen LogP contribution >= 0.6 is 0 Å². The van der Waals surface area contributed by atoms with Gasteiger partial charge in [-0.3, -0.25) is 14.4 Å². The van der Waals surface area contributed by atoms with E-state index in [4.69, 9.17) is 28.7 Å². The molecule has 6 aliphatic rings. The number of rotatable bonds is 11. The summed E-state index contributed by atoms with van der Waals surface area (Å²) in [5.74, 6) is -1.08. The minimum absolute atomic E-state index is 0.0274. The molecule has 0 spiro atoms. The number of hydrogen-bond donors (Lipinski definition) is 0. The highest BCUT2D eigenvalue weighted by Gasteiger charge is 2.25. The lowest BCUT2D eigenvalue weighted by Gasteiger charge is -2.26. The SMILES string of the molecule is C/C1=C\C(=N\OCC(=O)N2CCCCC2)Cc2cc(C)cc(C)c2C(=O)O[C@H](C)C/C=C/CC1.C=C/C1=C\CC/C=C/C(=N/OCC(=O)N2CCCCC2)Cc2cc(C)cc(C)c2C(=O)OCC1.C=C/C1=C\CC/C=C/C(=N\OCC(=O)N2CCCCC2)Cc2cc(C)cc(C)c2C(=O)OCC1. The average Bonchev–Trinajstić information content (AvgIpc) is 0.825. The molecule has 0 aliphatic carbocycles. The maximum absolute atomic E-state index is 13.1. The smallest absolute Gasteiger partial charge is 0.338 e. The Kier molecular flexibility index (Phi) is 33.7. The lowest BCUT2D eigenvalue weighted by atomic mass is 9.94. The number of amides is 3. The number of carbonyl (C=O) groups is 6. The number of oxime groups is 3. The third-order valence-electron chi connectivity index (χ3n) is 18.6. The van der Waals surface area contributed by atoms with E-state index >= 15 is 0 Å².